The van der Waals surface area contributed by atoms with E-state index in [0.717, 1.165) is 11.8 Å². The van der Waals surface area contributed by atoms with Gasteiger partial charge >= 0.3 is 5.97 Å². The van der Waals surface area contributed by atoms with Crippen LogP contribution in [0.1, 0.15) is 12.2 Å². The predicted molar refractivity (Wildman–Crippen MR) is 106 cm³/mol. The van der Waals surface area contributed by atoms with Crippen molar-refractivity contribution >= 4 is 69.5 Å². The van der Waals surface area contributed by atoms with Crippen molar-refractivity contribution in [3.63, 3.8) is 0 Å². The van der Waals surface area contributed by atoms with Crippen molar-refractivity contribution in [2.24, 2.45) is 0 Å². The fourth-order valence-electron chi connectivity index (χ4n) is 2.29. The van der Waals surface area contributed by atoms with E-state index in [1.54, 1.807) is 36.4 Å². The zero-order chi connectivity index (χ0) is 18.8. The van der Waals surface area contributed by atoms with Crippen LogP contribution in [0.15, 0.2) is 39.7 Å². The smallest absolute Gasteiger partial charge is 0.305 e. The monoisotopic (exact) mass is 427 g/mol. The lowest BCUT2D eigenvalue weighted by molar-refractivity contribution is -0.137. The van der Waals surface area contributed by atoms with Crippen LogP contribution in [0.2, 0.25) is 10.0 Å². The number of carbonyl (C=O) groups excluding carboxylic acids is 1. The highest BCUT2D eigenvalue weighted by atomic mass is 35.5. The fourth-order valence-corrected chi connectivity index (χ4v) is 4.08. The number of thiocarbonyl (C=S) groups is 1. The highest BCUT2D eigenvalue weighted by Crippen LogP contribution is 2.35. The number of aliphatic carboxylic acids is 1. The Balaban J connectivity index is 1.81. The molecule has 1 aliphatic heterocycles. The van der Waals surface area contributed by atoms with Crippen molar-refractivity contribution in [2.45, 2.75) is 6.42 Å². The highest BCUT2D eigenvalue weighted by molar-refractivity contribution is 8.26. The number of carboxylic acid groups (broad SMARTS) is 1. The molecule has 2 aromatic rings. The van der Waals surface area contributed by atoms with Gasteiger partial charge in [-0.05, 0) is 30.3 Å². The summed E-state index contributed by atoms with van der Waals surface area (Å²) in [7, 11) is 0. The zero-order valence-electron chi connectivity index (χ0n) is 13.1. The molecule has 134 valence electrons. The number of carboxylic acids is 1. The standard InChI is InChI=1S/C17H11Cl2NO4S2/c18-9-1-3-11(12(19)7-9)13-4-2-10(24-13)8-14-16(23)20(17(25)26-14)6-5-15(21)22/h1-4,7-8H,5-6H2,(H,21,22)/b14-8-. The Morgan fingerprint density at radius 2 is 2.08 bits per heavy atom. The number of benzene rings is 1. The molecular weight excluding hydrogens is 417 g/mol. The van der Waals surface area contributed by atoms with Crippen LogP contribution in [0.4, 0.5) is 0 Å². The van der Waals surface area contributed by atoms with Gasteiger partial charge in [0.15, 0.2) is 0 Å². The van der Waals surface area contributed by atoms with Crippen molar-refractivity contribution in [3.8, 4) is 11.3 Å². The first-order valence-electron chi connectivity index (χ1n) is 7.37. The van der Waals surface area contributed by atoms with Crippen LogP contribution in [0.3, 0.4) is 0 Å². The number of halogens is 2. The third-order valence-corrected chi connectivity index (χ3v) is 5.45. The second-order valence-corrected chi connectivity index (χ2v) is 7.82. The fraction of sp³-hybridized carbons (Fsp3) is 0.118. The predicted octanol–water partition coefficient (Wildman–Crippen LogP) is 4.93. The van der Waals surface area contributed by atoms with Crippen LogP contribution < -0.4 is 0 Å². The summed E-state index contributed by atoms with van der Waals surface area (Å²) in [6.45, 7) is 0.0428. The average Bonchev–Trinajstić information content (AvgIpc) is 3.11. The molecule has 0 aliphatic carbocycles. The molecule has 0 bridgehead atoms. The SMILES string of the molecule is O=C(O)CCN1C(=O)/C(=C/c2ccc(-c3ccc(Cl)cc3Cl)o2)SC1=S. The van der Waals surface area contributed by atoms with Crippen molar-refractivity contribution < 1.29 is 19.1 Å². The molecule has 1 amide bonds. The maximum atomic E-state index is 12.4. The first kappa shape index (κ1) is 19.0. The molecular formula is C17H11Cl2NO4S2. The average molecular weight is 428 g/mol. The van der Waals surface area contributed by atoms with Crippen LogP contribution in [0, 0.1) is 0 Å². The molecule has 0 spiro atoms. The maximum absolute atomic E-state index is 12.4. The van der Waals surface area contributed by atoms with E-state index in [1.165, 1.54) is 4.90 Å². The van der Waals surface area contributed by atoms with Crippen LogP contribution in [0.5, 0.6) is 0 Å². The first-order valence-corrected chi connectivity index (χ1v) is 9.35. The summed E-state index contributed by atoms with van der Waals surface area (Å²) in [6.07, 6.45) is 1.41. The second kappa shape index (κ2) is 7.84. The van der Waals surface area contributed by atoms with Gasteiger partial charge in [0.25, 0.3) is 5.91 Å². The van der Waals surface area contributed by atoms with Gasteiger partial charge in [0.1, 0.15) is 15.8 Å². The van der Waals surface area contributed by atoms with Crippen molar-refractivity contribution in [1.29, 1.82) is 0 Å². The van der Waals surface area contributed by atoms with Gasteiger partial charge in [0, 0.05) is 23.2 Å². The lowest BCUT2D eigenvalue weighted by Crippen LogP contribution is -2.30. The van der Waals surface area contributed by atoms with Crippen molar-refractivity contribution in [2.75, 3.05) is 6.54 Å². The number of thioether (sulfide) groups is 1. The minimum Gasteiger partial charge on any atom is -0.481 e. The Kier molecular flexibility index (Phi) is 5.72. The van der Waals surface area contributed by atoms with Gasteiger partial charge in [0.05, 0.1) is 16.3 Å². The molecule has 1 aliphatic rings. The molecule has 1 saturated heterocycles. The largest absolute Gasteiger partial charge is 0.481 e. The van der Waals surface area contributed by atoms with E-state index in [0.29, 0.717) is 36.4 Å². The summed E-state index contributed by atoms with van der Waals surface area (Å²) in [5.41, 5.74) is 0.685. The van der Waals surface area contributed by atoms with E-state index < -0.39 is 5.97 Å². The van der Waals surface area contributed by atoms with Gasteiger partial charge in [0.2, 0.25) is 0 Å². The first-order chi connectivity index (χ1) is 12.3. The number of nitrogens with zero attached hydrogens (tertiary/aromatic N) is 1. The van der Waals surface area contributed by atoms with E-state index in [4.69, 9.17) is 44.9 Å². The Hall–Kier alpha value is -1.80. The van der Waals surface area contributed by atoms with Crippen LogP contribution >= 0.6 is 47.2 Å². The van der Waals surface area contributed by atoms with Gasteiger partial charge in [-0.25, -0.2) is 0 Å². The molecule has 0 unspecified atom stereocenters. The molecule has 0 radical (unpaired) electrons. The number of carbonyl (C=O) groups is 2. The number of amides is 1. The summed E-state index contributed by atoms with van der Waals surface area (Å²) in [5.74, 6) is -0.314. The van der Waals surface area contributed by atoms with Gasteiger partial charge in [-0.1, -0.05) is 47.2 Å². The summed E-state index contributed by atoms with van der Waals surface area (Å²) in [5, 5.41) is 9.74. The number of hydrogen-bond donors (Lipinski definition) is 1. The molecule has 3 rings (SSSR count). The summed E-state index contributed by atoms with van der Waals surface area (Å²) < 4.78 is 6.07. The normalized spacial score (nSPS) is 15.9. The van der Waals surface area contributed by atoms with E-state index in [-0.39, 0.29) is 18.9 Å². The third-order valence-electron chi connectivity index (χ3n) is 3.52. The van der Waals surface area contributed by atoms with Gasteiger partial charge < -0.3 is 9.52 Å². The van der Waals surface area contributed by atoms with Crippen molar-refractivity contribution in [1.82, 2.24) is 4.90 Å². The number of furan rings is 1. The molecule has 0 saturated carbocycles. The van der Waals surface area contributed by atoms with Crippen LogP contribution in [-0.4, -0.2) is 32.7 Å². The summed E-state index contributed by atoms with van der Waals surface area (Å²) >= 11 is 18.3. The highest BCUT2D eigenvalue weighted by Gasteiger charge is 2.32. The minimum atomic E-state index is -0.987. The quantitative estimate of drug-likeness (QED) is 0.538. The lowest BCUT2D eigenvalue weighted by Gasteiger charge is -2.12. The Morgan fingerprint density at radius 3 is 2.77 bits per heavy atom. The maximum Gasteiger partial charge on any atom is 0.305 e. The third kappa shape index (κ3) is 4.12. The molecule has 9 heteroatoms. The zero-order valence-corrected chi connectivity index (χ0v) is 16.2. The van der Waals surface area contributed by atoms with E-state index in [2.05, 4.69) is 0 Å². The van der Waals surface area contributed by atoms with Crippen LogP contribution in [0.25, 0.3) is 17.4 Å². The van der Waals surface area contributed by atoms with Gasteiger partial charge in [-0.2, -0.15) is 0 Å². The molecule has 1 N–H and O–H groups in total. The lowest BCUT2D eigenvalue weighted by atomic mass is 10.2. The molecule has 5 nitrogen and oxygen atoms in total. The number of hydrogen-bond acceptors (Lipinski definition) is 5. The van der Waals surface area contributed by atoms with E-state index in [1.807, 2.05) is 0 Å². The molecule has 1 fully saturated rings. The summed E-state index contributed by atoms with van der Waals surface area (Å²) in [4.78, 5) is 24.7. The molecule has 1 aromatic heterocycles. The van der Waals surface area contributed by atoms with E-state index in [9.17, 15) is 9.59 Å². The molecule has 2 heterocycles. The van der Waals surface area contributed by atoms with Gasteiger partial charge in [-0.3, -0.25) is 14.5 Å². The summed E-state index contributed by atoms with van der Waals surface area (Å²) in [6, 6.07) is 8.53. The van der Waals surface area contributed by atoms with Crippen LogP contribution in [-0.2, 0) is 9.59 Å². The molecule has 0 atom stereocenters. The Morgan fingerprint density at radius 1 is 1.31 bits per heavy atom. The topological polar surface area (TPSA) is 70.8 Å². The number of rotatable bonds is 5. The molecule has 1 aromatic carbocycles. The second-order valence-electron chi connectivity index (χ2n) is 5.30. The van der Waals surface area contributed by atoms with Crippen molar-refractivity contribution in [3.05, 3.63) is 51.0 Å². The Bertz CT molecular complexity index is 939. The Labute approximate surface area is 168 Å². The minimum absolute atomic E-state index is 0.0428. The molecule has 26 heavy (non-hydrogen) atoms. The van der Waals surface area contributed by atoms with Gasteiger partial charge in [-0.15, -0.1) is 0 Å². The van der Waals surface area contributed by atoms with E-state index >= 15 is 0 Å².